The molecule has 0 fully saturated rings. The first kappa shape index (κ1) is 9.92. The van der Waals surface area contributed by atoms with Crippen LogP contribution in [0.1, 0.15) is 6.92 Å². The van der Waals surface area contributed by atoms with E-state index in [2.05, 4.69) is 10.1 Å². The minimum Gasteiger partial charge on any atom is -0.356 e. The van der Waals surface area contributed by atoms with Crippen LogP contribution in [0.5, 0.6) is 0 Å². The fourth-order valence-electron chi connectivity index (χ4n) is 1.66. The monoisotopic (exact) mass is 205 g/mol. The van der Waals surface area contributed by atoms with Crippen LogP contribution in [-0.4, -0.2) is 34.2 Å². The Bertz CT molecular complexity index is 448. The molecule has 0 saturated carbocycles. The molecule has 0 aromatic carbocycles. The molecule has 0 aliphatic heterocycles. The molecular formula is C10H15N5. The summed E-state index contributed by atoms with van der Waals surface area (Å²) in [5.74, 6) is 0.910. The van der Waals surface area contributed by atoms with Crippen LogP contribution in [0.2, 0.25) is 0 Å². The summed E-state index contributed by atoms with van der Waals surface area (Å²) in [6.07, 6.45) is 5.34. The number of aromatic nitrogens is 3. The quantitative estimate of drug-likeness (QED) is 0.793. The number of anilines is 1. The zero-order chi connectivity index (χ0) is 10.8. The maximum absolute atomic E-state index is 5.76. The predicted octanol–water partition coefficient (Wildman–Crippen LogP) is 0.513. The van der Waals surface area contributed by atoms with Gasteiger partial charge in [0, 0.05) is 32.0 Å². The lowest BCUT2D eigenvalue weighted by Crippen LogP contribution is -2.33. The standard InChI is InChI=1S/C10H15N5/c1-8(11)7-14(2)10-9-3-4-13-15(9)6-5-12-10/h3-6,8H,7,11H2,1-2H3. The maximum Gasteiger partial charge on any atom is 0.154 e. The number of nitrogens with zero attached hydrogens (tertiary/aromatic N) is 4. The molecule has 0 spiro atoms. The first-order chi connectivity index (χ1) is 7.18. The molecule has 5 nitrogen and oxygen atoms in total. The van der Waals surface area contributed by atoms with Crippen LogP contribution < -0.4 is 10.6 Å². The first-order valence-corrected chi connectivity index (χ1v) is 4.93. The third-order valence-electron chi connectivity index (χ3n) is 2.23. The Morgan fingerprint density at radius 3 is 3.07 bits per heavy atom. The molecule has 15 heavy (non-hydrogen) atoms. The normalized spacial score (nSPS) is 13.0. The van der Waals surface area contributed by atoms with E-state index in [9.17, 15) is 0 Å². The van der Waals surface area contributed by atoms with E-state index in [0.29, 0.717) is 0 Å². The zero-order valence-electron chi connectivity index (χ0n) is 8.96. The largest absolute Gasteiger partial charge is 0.356 e. The Morgan fingerprint density at radius 1 is 1.53 bits per heavy atom. The van der Waals surface area contributed by atoms with Gasteiger partial charge >= 0.3 is 0 Å². The number of nitrogens with two attached hydrogens (primary N) is 1. The minimum atomic E-state index is 0.125. The van der Waals surface area contributed by atoms with Gasteiger partial charge in [0.1, 0.15) is 5.52 Å². The van der Waals surface area contributed by atoms with Crippen LogP contribution in [0.4, 0.5) is 5.82 Å². The third-order valence-corrected chi connectivity index (χ3v) is 2.23. The lowest BCUT2D eigenvalue weighted by molar-refractivity contribution is 0.711. The Hall–Kier alpha value is -1.62. The van der Waals surface area contributed by atoms with Gasteiger partial charge in [-0.3, -0.25) is 0 Å². The molecule has 2 aromatic rings. The van der Waals surface area contributed by atoms with Crippen molar-refractivity contribution in [2.75, 3.05) is 18.5 Å². The lowest BCUT2D eigenvalue weighted by atomic mass is 10.3. The van der Waals surface area contributed by atoms with Gasteiger partial charge < -0.3 is 10.6 Å². The van der Waals surface area contributed by atoms with E-state index < -0.39 is 0 Å². The molecule has 1 atom stereocenters. The Labute approximate surface area is 88.5 Å². The van der Waals surface area contributed by atoms with Gasteiger partial charge in [0.05, 0.1) is 6.20 Å². The zero-order valence-corrected chi connectivity index (χ0v) is 8.96. The van der Waals surface area contributed by atoms with E-state index in [1.54, 1.807) is 16.9 Å². The van der Waals surface area contributed by atoms with Gasteiger partial charge in [0.25, 0.3) is 0 Å². The van der Waals surface area contributed by atoms with E-state index in [0.717, 1.165) is 17.9 Å². The van der Waals surface area contributed by atoms with Crippen LogP contribution in [0, 0.1) is 0 Å². The van der Waals surface area contributed by atoms with Gasteiger partial charge in [-0.2, -0.15) is 5.10 Å². The molecule has 2 aromatic heterocycles. The summed E-state index contributed by atoms with van der Waals surface area (Å²) < 4.78 is 1.81. The van der Waals surface area contributed by atoms with E-state index in [1.807, 2.05) is 31.1 Å². The van der Waals surface area contributed by atoms with Gasteiger partial charge in [0.2, 0.25) is 0 Å². The summed E-state index contributed by atoms with van der Waals surface area (Å²) >= 11 is 0. The molecule has 2 N–H and O–H groups in total. The average molecular weight is 205 g/mol. The Kier molecular flexibility index (Phi) is 2.55. The second-order valence-corrected chi connectivity index (χ2v) is 3.77. The van der Waals surface area contributed by atoms with Crippen molar-refractivity contribution in [1.29, 1.82) is 0 Å². The molecule has 0 aliphatic carbocycles. The second-order valence-electron chi connectivity index (χ2n) is 3.77. The molecule has 0 bridgehead atoms. The van der Waals surface area contributed by atoms with Crippen molar-refractivity contribution in [3.63, 3.8) is 0 Å². The molecular weight excluding hydrogens is 190 g/mol. The molecule has 0 radical (unpaired) electrons. The van der Waals surface area contributed by atoms with E-state index in [4.69, 9.17) is 5.73 Å². The second kappa shape index (κ2) is 3.86. The van der Waals surface area contributed by atoms with Crippen molar-refractivity contribution in [2.45, 2.75) is 13.0 Å². The number of hydrogen-bond acceptors (Lipinski definition) is 4. The highest BCUT2D eigenvalue weighted by Crippen LogP contribution is 2.16. The smallest absolute Gasteiger partial charge is 0.154 e. The Balaban J connectivity index is 2.38. The van der Waals surface area contributed by atoms with Gasteiger partial charge in [0.15, 0.2) is 5.82 Å². The molecule has 2 rings (SSSR count). The summed E-state index contributed by atoms with van der Waals surface area (Å²) in [6, 6.07) is 2.07. The van der Waals surface area contributed by atoms with E-state index in [-0.39, 0.29) is 6.04 Å². The van der Waals surface area contributed by atoms with Crippen molar-refractivity contribution in [3.05, 3.63) is 24.7 Å². The number of hydrogen-bond donors (Lipinski definition) is 1. The summed E-state index contributed by atoms with van der Waals surface area (Å²) in [4.78, 5) is 6.38. The molecule has 1 unspecified atom stereocenters. The highest BCUT2D eigenvalue weighted by Gasteiger charge is 2.09. The van der Waals surface area contributed by atoms with Gasteiger partial charge in [-0.1, -0.05) is 0 Å². The van der Waals surface area contributed by atoms with Crippen LogP contribution >= 0.6 is 0 Å². The Morgan fingerprint density at radius 2 is 2.33 bits per heavy atom. The number of rotatable bonds is 3. The van der Waals surface area contributed by atoms with Crippen molar-refractivity contribution >= 4 is 11.3 Å². The molecule has 0 aliphatic rings. The SMILES string of the molecule is CC(N)CN(C)c1nccn2nccc12. The summed E-state index contributed by atoms with van der Waals surface area (Å²) in [5.41, 5.74) is 6.76. The maximum atomic E-state index is 5.76. The summed E-state index contributed by atoms with van der Waals surface area (Å²) in [7, 11) is 1.98. The van der Waals surface area contributed by atoms with Crippen LogP contribution in [0.3, 0.4) is 0 Å². The van der Waals surface area contributed by atoms with Gasteiger partial charge in [-0.05, 0) is 13.0 Å². The number of likely N-dealkylation sites (N-methyl/N-ethyl adjacent to an activating group) is 1. The number of fused-ring (bicyclic) bond motifs is 1. The molecule has 5 heteroatoms. The van der Waals surface area contributed by atoms with Crippen molar-refractivity contribution in [1.82, 2.24) is 14.6 Å². The van der Waals surface area contributed by atoms with Gasteiger partial charge in [-0.15, -0.1) is 0 Å². The van der Waals surface area contributed by atoms with E-state index >= 15 is 0 Å². The van der Waals surface area contributed by atoms with E-state index in [1.165, 1.54) is 0 Å². The van der Waals surface area contributed by atoms with Crippen LogP contribution in [-0.2, 0) is 0 Å². The van der Waals surface area contributed by atoms with Crippen LogP contribution in [0.15, 0.2) is 24.7 Å². The lowest BCUT2D eigenvalue weighted by Gasteiger charge is -2.20. The highest BCUT2D eigenvalue weighted by atomic mass is 15.3. The van der Waals surface area contributed by atoms with Crippen molar-refractivity contribution < 1.29 is 0 Å². The summed E-state index contributed by atoms with van der Waals surface area (Å²) in [5, 5.41) is 4.16. The average Bonchev–Trinajstić information content (AvgIpc) is 2.63. The fourth-order valence-corrected chi connectivity index (χ4v) is 1.66. The highest BCUT2D eigenvalue weighted by molar-refractivity contribution is 5.67. The predicted molar refractivity (Wildman–Crippen MR) is 59.9 cm³/mol. The van der Waals surface area contributed by atoms with Gasteiger partial charge in [-0.25, -0.2) is 9.50 Å². The fraction of sp³-hybridized carbons (Fsp3) is 0.400. The molecule has 80 valence electrons. The van der Waals surface area contributed by atoms with Crippen molar-refractivity contribution in [3.8, 4) is 0 Å². The van der Waals surface area contributed by atoms with Crippen molar-refractivity contribution in [2.24, 2.45) is 5.73 Å². The topological polar surface area (TPSA) is 59.5 Å². The minimum absolute atomic E-state index is 0.125. The van der Waals surface area contributed by atoms with Crippen LogP contribution in [0.25, 0.3) is 5.52 Å². The summed E-state index contributed by atoms with van der Waals surface area (Å²) in [6.45, 7) is 2.75. The molecule has 0 amide bonds. The first-order valence-electron chi connectivity index (χ1n) is 4.93. The molecule has 2 heterocycles. The third kappa shape index (κ3) is 1.92. The molecule has 0 saturated heterocycles.